The highest BCUT2D eigenvalue weighted by Gasteiger charge is 2.30. The number of fused-ring (bicyclic) bond motifs is 1. The number of benzene rings is 3. The van der Waals surface area contributed by atoms with Crippen molar-refractivity contribution in [3.8, 4) is 16.9 Å². The number of aliphatic hydroxyl groups is 1. The molecule has 9 heteroatoms. The third kappa shape index (κ3) is 5.89. The lowest BCUT2D eigenvalue weighted by molar-refractivity contribution is -0.137. The number of halogens is 3. The molecule has 0 aliphatic carbocycles. The Morgan fingerprint density at radius 3 is 2.47 bits per heavy atom. The van der Waals surface area contributed by atoms with Gasteiger partial charge in [-0.2, -0.15) is 13.2 Å². The summed E-state index contributed by atoms with van der Waals surface area (Å²) < 4.78 is 45.1. The predicted molar refractivity (Wildman–Crippen MR) is 144 cm³/mol. The summed E-state index contributed by atoms with van der Waals surface area (Å²) in [6.07, 6.45) is -4.41. The number of likely N-dealkylation sites (N-methyl/N-ethyl adjacent to an activating group) is 1. The van der Waals surface area contributed by atoms with Crippen LogP contribution in [0.3, 0.4) is 0 Å². The maximum Gasteiger partial charge on any atom is 0.416 e. The van der Waals surface area contributed by atoms with Crippen LogP contribution in [-0.2, 0) is 12.7 Å². The molecule has 0 radical (unpaired) electrons. The average Bonchev–Trinajstić information content (AvgIpc) is 2.90. The van der Waals surface area contributed by atoms with Crippen molar-refractivity contribution in [2.75, 3.05) is 32.6 Å². The van der Waals surface area contributed by atoms with Crippen molar-refractivity contribution in [3.05, 3.63) is 89.8 Å². The summed E-state index contributed by atoms with van der Waals surface area (Å²) >= 11 is 0. The van der Waals surface area contributed by atoms with Gasteiger partial charge in [-0.05, 0) is 41.8 Å². The Labute approximate surface area is 219 Å². The minimum absolute atomic E-state index is 0.0353. The zero-order chi connectivity index (χ0) is 27.4. The minimum atomic E-state index is -4.41. The molecule has 4 aromatic rings. The molecule has 0 unspecified atom stereocenters. The number of aromatic nitrogens is 2. The topological polar surface area (TPSA) is 70.5 Å². The largest absolute Gasteiger partial charge is 0.496 e. The van der Waals surface area contributed by atoms with Crippen molar-refractivity contribution in [1.29, 1.82) is 0 Å². The molecule has 0 aliphatic heterocycles. The Bertz CT molecular complexity index is 1450. The SMILES string of the molecule is C=C(c1ccc(-c2cc3c(NCc4cccc(C(F)(F)F)c4)nc(C)nc3cc2OC)cc1)N(C)CCO. The maximum absolute atomic E-state index is 13.1. The van der Waals surface area contributed by atoms with Crippen molar-refractivity contribution in [1.82, 2.24) is 14.9 Å². The number of ether oxygens (including phenoxy) is 1. The number of anilines is 1. The summed E-state index contributed by atoms with van der Waals surface area (Å²) in [4.78, 5) is 10.9. The summed E-state index contributed by atoms with van der Waals surface area (Å²) in [5, 5.41) is 13.1. The van der Waals surface area contributed by atoms with E-state index >= 15 is 0 Å². The van der Waals surface area contributed by atoms with Gasteiger partial charge in [0.1, 0.15) is 17.4 Å². The van der Waals surface area contributed by atoms with E-state index < -0.39 is 11.7 Å². The number of nitrogens with one attached hydrogen (secondary N) is 1. The molecule has 0 saturated carbocycles. The Hall–Kier alpha value is -4.11. The van der Waals surface area contributed by atoms with Crippen LogP contribution in [0.15, 0.2) is 67.2 Å². The summed E-state index contributed by atoms with van der Waals surface area (Å²) in [6, 6.07) is 16.8. The highest BCUT2D eigenvalue weighted by atomic mass is 19.4. The molecule has 3 aromatic carbocycles. The van der Waals surface area contributed by atoms with E-state index in [-0.39, 0.29) is 13.2 Å². The van der Waals surface area contributed by atoms with E-state index in [0.717, 1.165) is 39.9 Å². The van der Waals surface area contributed by atoms with Gasteiger partial charge in [0.05, 0.1) is 24.8 Å². The lowest BCUT2D eigenvalue weighted by Gasteiger charge is -2.21. The first kappa shape index (κ1) is 26.9. The average molecular weight is 523 g/mol. The number of aliphatic hydroxyl groups excluding tert-OH is 1. The fourth-order valence-electron chi connectivity index (χ4n) is 4.19. The van der Waals surface area contributed by atoms with Gasteiger partial charge in [0, 0.05) is 42.9 Å². The van der Waals surface area contributed by atoms with E-state index in [1.165, 1.54) is 6.07 Å². The van der Waals surface area contributed by atoms with Crippen LogP contribution in [0.5, 0.6) is 5.75 Å². The summed E-state index contributed by atoms with van der Waals surface area (Å²) in [7, 11) is 3.46. The summed E-state index contributed by atoms with van der Waals surface area (Å²) in [6.45, 7) is 6.54. The first-order valence-corrected chi connectivity index (χ1v) is 12.0. The van der Waals surface area contributed by atoms with Crippen LogP contribution in [-0.4, -0.2) is 47.3 Å². The first-order chi connectivity index (χ1) is 18.1. The van der Waals surface area contributed by atoms with Crippen LogP contribution in [0.2, 0.25) is 0 Å². The van der Waals surface area contributed by atoms with Gasteiger partial charge in [0.25, 0.3) is 0 Å². The number of alkyl halides is 3. The number of rotatable bonds is 9. The molecule has 0 saturated heterocycles. The number of aryl methyl sites for hydroxylation is 1. The van der Waals surface area contributed by atoms with Gasteiger partial charge in [-0.1, -0.05) is 43.0 Å². The van der Waals surface area contributed by atoms with Crippen LogP contribution in [0.1, 0.15) is 22.5 Å². The van der Waals surface area contributed by atoms with E-state index in [9.17, 15) is 18.3 Å². The third-order valence-corrected chi connectivity index (χ3v) is 6.27. The van der Waals surface area contributed by atoms with E-state index in [0.29, 0.717) is 35.0 Å². The van der Waals surface area contributed by atoms with Gasteiger partial charge in [0.2, 0.25) is 0 Å². The Balaban J connectivity index is 1.69. The van der Waals surface area contributed by atoms with Gasteiger partial charge in [-0.15, -0.1) is 0 Å². The molecule has 1 heterocycles. The van der Waals surface area contributed by atoms with Gasteiger partial charge in [-0.3, -0.25) is 0 Å². The van der Waals surface area contributed by atoms with E-state index in [4.69, 9.17) is 4.74 Å². The monoisotopic (exact) mass is 522 g/mol. The molecule has 198 valence electrons. The second-order valence-corrected chi connectivity index (χ2v) is 8.91. The summed E-state index contributed by atoms with van der Waals surface area (Å²) in [5.41, 5.74) is 3.87. The first-order valence-electron chi connectivity index (χ1n) is 12.0. The highest BCUT2D eigenvalue weighted by Crippen LogP contribution is 2.36. The number of nitrogens with zero attached hydrogens (tertiary/aromatic N) is 3. The van der Waals surface area contributed by atoms with Crippen LogP contribution in [0, 0.1) is 6.92 Å². The molecule has 0 spiro atoms. The van der Waals surface area contributed by atoms with Gasteiger partial charge < -0.3 is 20.1 Å². The Morgan fingerprint density at radius 2 is 1.82 bits per heavy atom. The zero-order valence-corrected chi connectivity index (χ0v) is 21.4. The molecule has 0 atom stereocenters. The normalized spacial score (nSPS) is 11.4. The minimum Gasteiger partial charge on any atom is -0.496 e. The molecule has 0 amide bonds. The second-order valence-electron chi connectivity index (χ2n) is 8.91. The Morgan fingerprint density at radius 1 is 1.08 bits per heavy atom. The maximum atomic E-state index is 13.1. The van der Waals surface area contributed by atoms with Crippen molar-refractivity contribution in [3.63, 3.8) is 0 Å². The molecule has 0 aliphatic rings. The highest BCUT2D eigenvalue weighted by molar-refractivity contribution is 5.95. The smallest absolute Gasteiger partial charge is 0.416 e. The summed E-state index contributed by atoms with van der Waals surface area (Å²) in [5.74, 6) is 1.67. The van der Waals surface area contributed by atoms with Gasteiger partial charge >= 0.3 is 6.18 Å². The van der Waals surface area contributed by atoms with E-state index in [1.54, 1.807) is 20.1 Å². The van der Waals surface area contributed by atoms with Crippen molar-refractivity contribution in [2.45, 2.75) is 19.6 Å². The van der Waals surface area contributed by atoms with Crippen LogP contribution >= 0.6 is 0 Å². The van der Waals surface area contributed by atoms with Crippen molar-refractivity contribution < 1.29 is 23.0 Å². The molecule has 6 nitrogen and oxygen atoms in total. The Kier molecular flexibility index (Phi) is 7.87. The lowest BCUT2D eigenvalue weighted by Crippen LogP contribution is -2.19. The lowest BCUT2D eigenvalue weighted by atomic mass is 10.00. The molecule has 38 heavy (non-hydrogen) atoms. The number of hydrogen-bond donors (Lipinski definition) is 2. The molecular weight excluding hydrogens is 493 g/mol. The molecule has 0 bridgehead atoms. The standard InChI is InChI=1S/C29H29F3N4O2/c1-18(36(3)12-13-37)21-8-10-22(11-9-21)24-15-25-26(16-27(24)38-4)34-19(2)35-28(25)33-17-20-6-5-7-23(14-20)29(30,31)32/h5-11,14-16,37H,1,12-13,17H2,2-4H3,(H,33,34,35). The van der Waals surface area contributed by atoms with E-state index in [2.05, 4.69) is 21.9 Å². The van der Waals surface area contributed by atoms with Gasteiger partial charge in [-0.25, -0.2) is 9.97 Å². The molecule has 4 rings (SSSR count). The predicted octanol–water partition coefficient (Wildman–Crippen LogP) is 6.14. The molecule has 2 N–H and O–H groups in total. The van der Waals surface area contributed by atoms with Crippen molar-refractivity contribution in [2.24, 2.45) is 0 Å². The van der Waals surface area contributed by atoms with Crippen LogP contribution < -0.4 is 10.1 Å². The van der Waals surface area contributed by atoms with Crippen LogP contribution in [0.4, 0.5) is 19.0 Å². The van der Waals surface area contributed by atoms with Crippen LogP contribution in [0.25, 0.3) is 27.7 Å². The van der Waals surface area contributed by atoms with E-state index in [1.807, 2.05) is 48.3 Å². The molecule has 1 aromatic heterocycles. The zero-order valence-electron chi connectivity index (χ0n) is 21.4. The third-order valence-electron chi connectivity index (χ3n) is 6.27. The van der Waals surface area contributed by atoms with Gasteiger partial charge in [0.15, 0.2) is 0 Å². The second kappa shape index (κ2) is 11.1. The molecular formula is C29H29F3N4O2. The quantitative estimate of drug-likeness (QED) is 0.275. The number of hydrogen-bond acceptors (Lipinski definition) is 6. The fraction of sp³-hybridized carbons (Fsp3) is 0.241. The molecule has 0 fully saturated rings. The van der Waals surface area contributed by atoms with Crippen molar-refractivity contribution >= 4 is 22.4 Å². The number of methoxy groups -OCH3 is 1. The fourth-order valence-corrected chi connectivity index (χ4v) is 4.19.